The lowest BCUT2D eigenvalue weighted by Gasteiger charge is -2.39. The van der Waals surface area contributed by atoms with E-state index in [0.29, 0.717) is 17.5 Å². The average molecular weight is 806 g/mol. The molecule has 11 aromatic rings. The Morgan fingerprint density at radius 1 is 0.317 bits per heavy atom. The molecule has 63 heavy (non-hydrogen) atoms. The minimum Gasteiger partial charge on any atom is -0.457 e. The van der Waals surface area contributed by atoms with E-state index in [1.165, 1.54) is 27.8 Å². The van der Waals surface area contributed by atoms with Gasteiger partial charge in [-0.05, 0) is 87.0 Å². The van der Waals surface area contributed by atoms with Crippen molar-refractivity contribution >= 4 is 21.9 Å². The second kappa shape index (κ2) is 13.8. The second-order valence-corrected chi connectivity index (χ2v) is 16.3. The molecule has 0 radical (unpaired) electrons. The van der Waals surface area contributed by atoms with Crippen molar-refractivity contribution in [3.05, 3.63) is 235 Å². The van der Waals surface area contributed by atoms with Crippen LogP contribution in [0.3, 0.4) is 0 Å². The number of rotatable bonds is 5. The summed E-state index contributed by atoms with van der Waals surface area (Å²) in [6.07, 6.45) is 0. The summed E-state index contributed by atoms with van der Waals surface area (Å²) in [5, 5.41) is 1.97. The molecule has 0 unspecified atom stereocenters. The number of furan rings is 1. The lowest BCUT2D eigenvalue weighted by Crippen LogP contribution is -2.32. The highest BCUT2D eigenvalue weighted by Crippen LogP contribution is 2.62. The van der Waals surface area contributed by atoms with Gasteiger partial charge in [0.05, 0.1) is 5.41 Å². The van der Waals surface area contributed by atoms with E-state index >= 15 is 0 Å². The molecule has 1 aliphatic heterocycles. The molecule has 0 amide bonds. The van der Waals surface area contributed by atoms with Crippen molar-refractivity contribution in [2.45, 2.75) is 5.41 Å². The van der Waals surface area contributed by atoms with Gasteiger partial charge in [-0.2, -0.15) is 0 Å². The first-order valence-corrected chi connectivity index (χ1v) is 21.3. The summed E-state index contributed by atoms with van der Waals surface area (Å²) in [6.45, 7) is 0. The van der Waals surface area contributed by atoms with E-state index in [9.17, 15) is 0 Å². The summed E-state index contributed by atoms with van der Waals surface area (Å²) < 4.78 is 13.5. The van der Waals surface area contributed by atoms with Crippen LogP contribution in [-0.2, 0) is 5.41 Å². The van der Waals surface area contributed by atoms with Crippen molar-refractivity contribution in [2.75, 3.05) is 0 Å². The molecule has 1 aliphatic carbocycles. The summed E-state index contributed by atoms with van der Waals surface area (Å²) in [7, 11) is 0. The monoisotopic (exact) mass is 805 g/mol. The van der Waals surface area contributed by atoms with Gasteiger partial charge in [-0.3, -0.25) is 0 Å². The summed E-state index contributed by atoms with van der Waals surface area (Å²) in [4.78, 5) is 15.6. The maximum Gasteiger partial charge on any atom is 0.164 e. The number of ether oxygens (including phenoxy) is 1. The first kappa shape index (κ1) is 35.4. The van der Waals surface area contributed by atoms with Gasteiger partial charge in [0.1, 0.15) is 22.7 Å². The van der Waals surface area contributed by atoms with Crippen molar-refractivity contribution in [1.29, 1.82) is 0 Å². The SMILES string of the molecule is c1ccc(-c2cccc(-c3cccc(-c4nc(-c5ccccc5)nc(-c5cccc6oc7cc8c(cc7c56)-c5ccccc5C85c6ccccc6Oc6ccccc65)n4)c3)c2)cc1. The van der Waals surface area contributed by atoms with Crippen LogP contribution < -0.4 is 4.74 Å². The molecule has 0 atom stereocenters. The second-order valence-electron chi connectivity index (χ2n) is 16.3. The predicted molar refractivity (Wildman–Crippen MR) is 252 cm³/mol. The normalized spacial score (nSPS) is 13.0. The van der Waals surface area contributed by atoms with Crippen LogP contribution in [0.1, 0.15) is 22.3 Å². The van der Waals surface area contributed by atoms with E-state index in [4.69, 9.17) is 24.1 Å². The topological polar surface area (TPSA) is 61.0 Å². The molecule has 0 fully saturated rings. The van der Waals surface area contributed by atoms with Gasteiger partial charge in [-0.25, -0.2) is 15.0 Å². The zero-order valence-corrected chi connectivity index (χ0v) is 33.9. The molecule has 13 rings (SSSR count). The Morgan fingerprint density at radius 2 is 0.825 bits per heavy atom. The van der Waals surface area contributed by atoms with Crippen molar-refractivity contribution in [1.82, 2.24) is 15.0 Å². The largest absolute Gasteiger partial charge is 0.457 e. The third-order valence-corrected chi connectivity index (χ3v) is 12.8. The van der Waals surface area contributed by atoms with Gasteiger partial charge in [0.2, 0.25) is 0 Å². The van der Waals surface area contributed by atoms with Gasteiger partial charge in [0.25, 0.3) is 0 Å². The van der Waals surface area contributed by atoms with Crippen LogP contribution in [0.25, 0.3) is 89.5 Å². The first-order valence-electron chi connectivity index (χ1n) is 21.3. The van der Waals surface area contributed by atoms with Gasteiger partial charge < -0.3 is 9.15 Å². The Labute approximate surface area is 363 Å². The summed E-state index contributed by atoms with van der Waals surface area (Å²) in [5.74, 6) is 3.49. The van der Waals surface area contributed by atoms with Crippen LogP contribution in [-0.4, -0.2) is 15.0 Å². The highest BCUT2D eigenvalue weighted by molar-refractivity contribution is 6.14. The highest BCUT2D eigenvalue weighted by atomic mass is 16.5. The molecule has 294 valence electrons. The van der Waals surface area contributed by atoms with Crippen LogP contribution in [0.4, 0.5) is 0 Å². The lowest BCUT2D eigenvalue weighted by atomic mass is 9.66. The van der Waals surface area contributed by atoms with Crippen LogP contribution in [0.15, 0.2) is 217 Å². The minimum absolute atomic E-state index is 0.577. The zero-order chi connectivity index (χ0) is 41.5. The van der Waals surface area contributed by atoms with Gasteiger partial charge in [-0.1, -0.05) is 170 Å². The standard InChI is InChI=1S/C58H35N3O2/c1-3-16-36(17-4-1)38-20-13-21-39(32-38)40-22-14-23-41(33-40)56-59-55(37-18-5-2-6-19-37)60-57(61-56)43-25-15-31-52-54(43)45-34-44-42-24-7-8-26-46(42)58(49(44)35-53(45)63-52)47-27-9-11-29-50(47)62-51-30-12-10-28-48(51)58/h1-35H. The number of benzene rings is 9. The molecule has 2 aliphatic rings. The van der Waals surface area contributed by atoms with Crippen LogP contribution in [0.5, 0.6) is 11.5 Å². The van der Waals surface area contributed by atoms with Crippen LogP contribution >= 0.6 is 0 Å². The molecule has 0 N–H and O–H groups in total. The number of nitrogens with zero attached hydrogens (tertiary/aromatic N) is 3. The number of fused-ring (bicyclic) bond motifs is 12. The number of hydrogen-bond acceptors (Lipinski definition) is 5. The van der Waals surface area contributed by atoms with E-state index in [0.717, 1.165) is 77.9 Å². The molecular weight excluding hydrogens is 771 g/mol. The maximum absolute atomic E-state index is 6.88. The van der Waals surface area contributed by atoms with E-state index in [2.05, 4.69) is 152 Å². The molecule has 5 nitrogen and oxygen atoms in total. The molecule has 9 aromatic carbocycles. The van der Waals surface area contributed by atoms with Crippen molar-refractivity contribution < 1.29 is 9.15 Å². The summed E-state index contributed by atoms with van der Waals surface area (Å²) in [5.41, 5.74) is 15.2. The van der Waals surface area contributed by atoms with Gasteiger partial charge >= 0.3 is 0 Å². The molecule has 5 heteroatoms. The van der Waals surface area contributed by atoms with Crippen molar-refractivity contribution in [3.8, 4) is 79.0 Å². The van der Waals surface area contributed by atoms with Crippen LogP contribution in [0, 0.1) is 0 Å². The quantitative estimate of drug-likeness (QED) is 0.173. The fraction of sp³-hybridized carbons (Fsp3) is 0.0172. The Kier molecular flexibility index (Phi) is 7.75. The third-order valence-electron chi connectivity index (χ3n) is 12.8. The van der Waals surface area contributed by atoms with E-state index in [1.807, 2.05) is 60.7 Å². The Bertz CT molecular complexity index is 3570. The Balaban J connectivity index is 1.01. The maximum atomic E-state index is 6.88. The molecular formula is C58H35N3O2. The summed E-state index contributed by atoms with van der Waals surface area (Å²) in [6, 6.07) is 74.2. The third kappa shape index (κ3) is 5.40. The zero-order valence-electron chi connectivity index (χ0n) is 33.9. The first-order chi connectivity index (χ1) is 31.2. The Morgan fingerprint density at radius 3 is 1.54 bits per heavy atom. The number of aromatic nitrogens is 3. The predicted octanol–water partition coefficient (Wildman–Crippen LogP) is 14.6. The van der Waals surface area contributed by atoms with Gasteiger partial charge in [0.15, 0.2) is 17.5 Å². The number of para-hydroxylation sites is 2. The van der Waals surface area contributed by atoms with E-state index < -0.39 is 5.41 Å². The average Bonchev–Trinajstić information content (AvgIpc) is 3.87. The van der Waals surface area contributed by atoms with E-state index in [-0.39, 0.29) is 0 Å². The highest BCUT2D eigenvalue weighted by Gasteiger charge is 2.51. The van der Waals surface area contributed by atoms with Crippen molar-refractivity contribution in [2.24, 2.45) is 0 Å². The fourth-order valence-corrected chi connectivity index (χ4v) is 10.0. The minimum atomic E-state index is -0.599. The number of hydrogen-bond donors (Lipinski definition) is 0. The van der Waals surface area contributed by atoms with Crippen molar-refractivity contribution in [3.63, 3.8) is 0 Å². The van der Waals surface area contributed by atoms with Gasteiger partial charge in [0, 0.05) is 38.6 Å². The smallest absolute Gasteiger partial charge is 0.164 e. The fourth-order valence-electron chi connectivity index (χ4n) is 10.0. The van der Waals surface area contributed by atoms with Crippen LogP contribution in [0.2, 0.25) is 0 Å². The van der Waals surface area contributed by atoms with Gasteiger partial charge in [-0.15, -0.1) is 0 Å². The lowest BCUT2D eigenvalue weighted by molar-refractivity contribution is 0.436. The molecule has 0 bridgehead atoms. The van der Waals surface area contributed by atoms with E-state index in [1.54, 1.807) is 0 Å². The molecule has 0 saturated heterocycles. The Hall–Kier alpha value is -8.41. The molecule has 0 saturated carbocycles. The molecule has 2 aromatic heterocycles. The summed E-state index contributed by atoms with van der Waals surface area (Å²) >= 11 is 0. The molecule has 1 spiro atoms. The molecule has 3 heterocycles.